The van der Waals surface area contributed by atoms with Crippen molar-refractivity contribution in [3.63, 3.8) is 0 Å². The Hall–Kier alpha value is -1.71. The van der Waals surface area contributed by atoms with Gasteiger partial charge in [-0.15, -0.1) is 0 Å². The maximum atomic E-state index is 10.8. The molecule has 0 fully saturated rings. The second-order valence-corrected chi connectivity index (χ2v) is 3.30. The van der Waals surface area contributed by atoms with Gasteiger partial charge in [0.15, 0.2) is 0 Å². The lowest BCUT2D eigenvalue weighted by Crippen LogP contribution is -2.13. The zero-order valence-electron chi connectivity index (χ0n) is 8.11. The minimum absolute atomic E-state index is 0.0430. The summed E-state index contributed by atoms with van der Waals surface area (Å²) in [4.78, 5) is 10.8. The van der Waals surface area contributed by atoms with Crippen molar-refractivity contribution >= 4 is 11.7 Å². The number of anilines is 1. The fourth-order valence-corrected chi connectivity index (χ4v) is 1.16. The molecule has 1 rings (SSSR count). The van der Waals surface area contributed by atoms with Gasteiger partial charge in [-0.05, 0) is 26.0 Å². The number of hydrogen-bond acceptors (Lipinski definition) is 3. The Morgan fingerprint density at radius 2 is 2.07 bits per heavy atom. The Morgan fingerprint density at radius 1 is 1.43 bits per heavy atom. The van der Waals surface area contributed by atoms with Gasteiger partial charge < -0.3 is 15.5 Å². The van der Waals surface area contributed by atoms with Crippen molar-refractivity contribution in [2.45, 2.75) is 19.9 Å². The molecule has 0 spiro atoms. The Kier molecular flexibility index (Phi) is 2.96. The van der Waals surface area contributed by atoms with E-state index in [1.54, 1.807) is 0 Å². The molecule has 0 unspecified atom stereocenters. The number of aromatic hydroxyl groups is 1. The van der Waals surface area contributed by atoms with Crippen LogP contribution in [0.2, 0.25) is 0 Å². The van der Waals surface area contributed by atoms with Crippen LogP contribution in [-0.2, 0) is 0 Å². The predicted molar refractivity (Wildman–Crippen MR) is 53.8 cm³/mol. The third-order valence-corrected chi connectivity index (χ3v) is 1.71. The standard InChI is InChI=1S/C10H13NO3/c1-6(2)11-9-7(10(13)14)4-3-5-8(9)12/h3-6,11-12H,1-2H3,(H,13,14). The molecule has 0 aliphatic carbocycles. The first-order valence-electron chi connectivity index (χ1n) is 4.34. The molecule has 0 radical (unpaired) electrons. The zero-order valence-corrected chi connectivity index (χ0v) is 8.11. The molecule has 4 nitrogen and oxygen atoms in total. The number of para-hydroxylation sites is 1. The maximum Gasteiger partial charge on any atom is 0.337 e. The number of phenolic OH excluding ortho intramolecular Hbond substituents is 1. The van der Waals surface area contributed by atoms with Crippen LogP contribution in [0, 0.1) is 0 Å². The Morgan fingerprint density at radius 3 is 2.57 bits per heavy atom. The molecule has 1 aromatic carbocycles. The summed E-state index contributed by atoms with van der Waals surface area (Å²) >= 11 is 0. The highest BCUT2D eigenvalue weighted by Crippen LogP contribution is 2.27. The first-order chi connectivity index (χ1) is 6.52. The van der Waals surface area contributed by atoms with Gasteiger partial charge in [0.25, 0.3) is 0 Å². The lowest BCUT2D eigenvalue weighted by Gasteiger charge is -2.13. The molecule has 0 aromatic heterocycles. The van der Waals surface area contributed by atoms with Crippen molar-refractivity contribution in [3.8, 4) is 5.75 Å². The van der Waals surface area contributed by atoms with E-state index >= 15 is 0 Å². The minimum atomic E-state index is -1.05. The largest absolute Gasteiger partial charge is 0.506 e. The van der Waals surface area contributed by atoms with Crippen LogP contribution in [0.5, 0.6) is 5.75 Å². The SMILES string of the molecule is CC(C)Nc1c(O)cccc1C(=O)O. The summed E-state index contributed by atoms with van der Waals surface area (Å²) in [6, 6.07) is 4.48. The summed E-state index contributed by atoms with van der Waals surface area (Å²) in [6.07, 6.45) is 0. The number of hydrogen-bond donors (Lipinski definition) is 3. The summed E-state index contributed by atoms with van der Waals surface area (Å²) in [5.41, 5.74) is 0.355. The summed E-state index contributed by atoms with van der Waals surface area (Å²) in [5.74, 6) is -1.09. The molecule has 3 N–H and O–H groups in total. The molecular weight excluding hydrogens is 182 g/mol. The van der Waals surface area contributed by atoms with Gasteiger partial charge in [-0.1, -0.05) is 6.07 Å². The second kappa shape index (κ2) is 4.00. The zero-order chi connectivity index (χ0) is 10.7. The molecular formula is C10H13NO3. The average Bonchev–Trinajstić information content (AvgIpc) is 2.07. The third kappa shape index (κ3) is 2.16. The van der Waals surface area contributed by atoms with Crippen LogP contribution in [0.3, 0.4) is 0 Å². The van der Waals surface area contributed by atoms with Crippen molar-refractivity contribution in [2.24, 2.45) is 0 Å². The van der Waals surface area contributed by atoms with Gasteiger partial charge in [0.05, 0.1) is 11.3 Å². The molecule has 0 aliphatic rings. The Balaban J connectivity index is 3.15. The first kappa shape index (κ1) is 10.4. The average molecular weight is 195 g/mol. The van der Waals surface area contributed by atoms with Crippen LogP contribution in [0.1, 0.15) is 24.2 Å². The highest BCUT2D eigenvalue weighted by atomic mass is 16.4. The topological polar surface area (TPSA) is 69.6 Å². The number of carboxylic acid groups (broad SMARTS) is 1. The van der Waals surface area contributed by atoms with Crippen LogP contribution < -0.4 is 5.32 Å². The van der Waals surface area contributed by atoms with Gasteiger partial charge >= 0.3 is 5.97 Å². The van der Waals surface area contributed by atoms with Gasteiger partial charge in [-0.25, -0.2) is 4.79 Å². The van der Waals surface area contributed by atoms with E-state index in [1.807, 2.05) is 13.8 Å². The quantitative estimate of drug-likeness (QED) is 0.644. The molecule has 0 bridgehead atoms. The minimum Gasteiger partial charge on any atom is -0.506 e. The van der Waals surface area contributed by atoms with E-state index in [0.717, 1.165) is 0 Å². The molecule has 1 aromatic rings. The third-order valence-electron chi connectivity index (χ3n) is 1.71. The van der Waals surface area contributed by atoms with E-state index in [0.29, 0.717) is 0 Å². The second-order valence-electron chi connectivity index (χ2n) is 3.30. The van der Waals surface area contributed by atoms with Gasteiger partial charge in [-0.2, -0.15) is 0 Å². The molecule has 0 heterocycles. The number of nitrogens with one attached hydrogen (secondary N) is 1. The van der Waals surface area contributed by atoms with E-state index in [1.165, 1.54) is 18.2 Å². The van der Waals surface area contributed by atoms with Gasteiger partial charge in [0.2, 0.25) is 0 Å². The van der Waals surface area contributed by atoms with Crippen molar-refractivity contribution in [3.05, 3.63) is 23.8 Å². The lowest BCUT2D eigenvalue weighted by molar-refractivity contribution is 0.0697. The fourth-order valence-electron chi connectivity index (χ4n) is 1.16. The monoisotopic (exact) mass is 195 g/mol. The van der Waals surface area contributed by atoms with Crippen molar-refractivity contribution < 1.29 is 15.0 Å². The molecule has 14 heavy (non-hydrogen) atoms. The van der Waals surface area contributed by atoms with E-state index in [2.05, 4.69) is 5.32 Å². The van der Waals surface area contributed by atoms with Gasteiger partial charge in [0.1, 0.15) is 5.75 Å². The van der Waals surface area contributed by atoms with Crippen LogP contribution in [0.25, 0.3) is 0 Å². The summed E-state index contributed by atoms with van der Waals surface area (Å²) < 4.78 is 0. The van der Waals surface area contributed by atoms with E-state index in [-0.39, 0.29) is 23.0 Å². The summed E-state index contributed by atoms with van der Waals surface area (Å²) in [7, 11) is 0. The fraction of sp³-hybridized carbons (Fsp3) is 0.300. The number of phenols is 1. The lowest BCUT2D eigenvalue weighted by atomic mass is 10.1. The number of carboxylic acids is 1. The summed E-state index contributed by atoms with van der Waals surface area (Å²) in [6.45, 7) is 3.75. The first-order valence-corrected chi connectivity index (χ1v) is 4.34. The van der Waals surface area contributed by atoms with Gasteiger partial charge in [-0.3, -0.25) is 0 Å². The molecule has 0 saturated carbocycles. The molecule has 0 saturated heterocycles. The van der Waals surface area contributed by atoms with Crippen LogP contribution in [0.4, 0.5) is 5.69 Å². The smallest absolute Gasteiger partial charge is 0.337 e. The van der Waals surface area contributed by atoms with Crippen LogP contribution in [-0.4, -0.2) is 22.2 Å². The molecule has 0 amide bonds. The predicted octanol–water partition coefficient (Wildman–Crippen LogP) is 1.91. The van der Waals surface area contributed by atoms with Crippen molar-refractivity contribution in [2.75, 3.05) is 5.32 Å². The Bertz CT molecular complexity index is 347. The van der Waals surface area contributed by atoms with Crippen LogP contribution in [0.15, 0.2) is 18.2 Å². The van der Waals surface area contributed by atoms with E-state index < -0.39 is 5.97 Å². The molecule has 0 atom stereocenters. The maximum absolute atomic E-state index is 10.8. The van der Waals surface area contributed by atoms with Crippen molar-refractivity contribution in [1.29, 1.82) is 0 Å². The Labute approximate surface area is 82.2 Å². The summed E-state index contributed by atoms with van der Waals surface area (Å²) in [5, 5.41) is 21.2. The highest BCUT2D eigenvalue weighted by Gasteiger charge is 2.13. The molecule has 4 heteroatoms. The number of rotatable bonds is 3. The van der Waals surface area contributed by atoms with Crippen molar-refractivity contribution in [1.82, 2.24) is 0 Å². The highest BCUT2D eigenvalue weighted by molar-refractivity contribution is 5.95. The number of aromatic carboxylic acids is 1. The van der Waals surface area contributed by atoms with E-state index in [9.17, 15) is 9.90 Å². The van der Waals surface area contributed by atoms with Gasteiger partial charge in [0, 0.05) is 6.04 Å². The van der Waals surface area contributed by atoms with E-state index in [4.69, 9.17) is 5.11 Å². The normalized spacial score (nSPS) is 10.2. The van der Waals surface area contributed by atoms with Crippen LogP contribution >= 0.6 is 0 Å². The molecule has 76 valence electrons. The molecule has 0 aliphatic heterocycles. The number of benzene rings is 1. The number of carbonyl (C=O) groups is 1.